The molecular formula is C12H10BrFN2O. The van der Waals surface area contributed by atoms with Gasteiger partial charge in [-0.05, 0) is 24.3 Å². The van der Waals surface area contributed by atoms with Gasteiger partial charge in [0, 0.05) is 16.2 Å². The van der Waals surface area contributed by atoms with E-state index in [1.165, 1.54) is 6.07 Å². The summed E-state index contributed by atoms with van der Waals surface area (Å²) < 4.78 is 19.6. The molecule has 0 bridgehead atoms. The quantitative estimate of drug-likeness (QED) is 0.946. The molecule has 0 saturated carbocycles. The molecule has 0 aliphatic carbocycles. The SMILES string of the molecule is Nc1ncccc1OCc1ccc(Br)cc1F. The topological polar surface area (TPSA) is 48.1 Å². The van der Waals surface area contributed by atoms with Gasteiger partial charge in [0.15, 0.2) is 11.6 Å². The Bertz CT molecular complexity index is 534. The summed E-state index contributed by atoms with van der Waals surface area (Å²) in [4.78, 5) is 3.88. The maximum Gasteiger partial charge on any atom is 0.166 e. The van der Waals surface area contributed by atoms with Gasteiger partial charge in [-0.3, -0.25) is 0 Å². The molecule has 17 heavy (non-hydrogen) atoms. The van der Waals surface area contributed by atoms with Crippen molar-refractivity contribution in [2.24, 2.45) is 0 Å². The van der Waals surface area contributed by atoms with Crippen LogP contribution in [-0.2, 0) is 6.61 Å². The van der Waals surface area contributed by atoms with Crippen LogP contribution in [0.15, 0.2) is 41.0 Å². The van der Waals surface area contributed by atoms with Crippen LogP contribution in [0.3, 0.4) is 0 Å². The molecule has 0 fully saturated rings. The molecule has 0 saturated heterocycles. The molecule has 1 aromatic carbocycles. The summed E-state index contributed by atoms with van der Waals surface area (Å²) in [6, 6.07) is 8.22. The predicted molar refractivity (Wildman–Crippen MR) is 67.1 cm³/mol. The summed E-state index contributed by atoms with van der Waals surface area (Å²) >= 11 is 3.19. The molecule has 0 radical (unpaired) electrons. The fourth-order valence-corrected chi connectivity index (χ4v) is 1.65. The van der Waals surface area contributed by atoms with Gasteiger partial charge < -0.3 is 10.5 Å². The van der Waals surface area contributed by atoms with E-state index in [2.05, 4.69) is 20.9 Å². The second-order valence-corrected chi connectivity index (χ2v) is 4.33. The van der Waals surface area contributed by atoms with Crippen molar-refractivity contribution in [3.8, 4) is 5.75 Å². The first-order valence-electron chi connectivity index (χ1n) is 4.94. The van der Waals surface area contributed by atoms with Gasteiger partial charge >= 0.3 is 0 Å². The Hall–Kier alpha value is -1.62. The van der Waals surface area contributed by atoms with E-state index in [4.69, 9.17) is 10.5 Å². The van der Waals surface area contributed by atoms with Crippen LogP contribution in [0.4, 0.5) is 10.2 Å². The van der Waals surface area contributed by atoms with E-state index < -0.39 is 0 Å². The number of benzene rings is 1. The molecule has 5 heteroatoms. The number of aromatic nitrogens is 1. The number of nitrogens with two attached hydrogens (primary N) is 1. The van der Waals surface area contributed by atoms with Gasteiger partial charge in [0.05, 0.1) is 0 Å². The van der Waals surface area contributed by atoms with Crippen LogP contribution >= 0.6 is 15.9 Å². The minimum Gasteiger partial charge on any atom is -0.485 e. The minimum atomic E-state index is -0.318. The van der Waals surface area contributed by atoms with Crippen molar-refractivity contribution >= 4 is 21.7 Å². The summed E-state index contributed by atoms with van der Waals surface area (Å²) in [7, 11) is 0. The normalized spacial score (nSPS) is 10.2. The van der Waals surface area contributed by atoms with Crippen LogP contribution in [0.25, 0.3) is 0 Å². The average molecular weight is 297 g/mol. The summed E-state index contributed by atoms with van der Waals surface area (Å²) in [5.74, 6) is 0.432. The van der Waals surface area contributed by atoms with E-state index in [0.29, 0.717) is 21.6 Å². The van der Waals surface area contributed by atoms with E-state index in [1.807, 2.05) is 0 Å². The van der Waals surface area contributed by atoms with Gasteiger partial charge in [0.25, 0.3) is 0 Å². The monoisotopic (exact) mass is 296 g/mol. The lowest BCUT2D eigenvalue weighted by Crippen LogP contribution is -2.01. The summed E-state index contributed by atoms with van der Waals surface area (Å²) in [6.07, 6.45) is 1.57. The first kappa shape index (κ1) is 11.9. The van der Waals surface area contributed by atoms with Crippen molar-refractivity contribution in [3.05, 3.63) is 52.4 Å². The predicted octanol–water partition coefficient (Wildman–Crippen LogP) is 3.14. The molecule has 1 aromatic heterocycles. The lowest BCUT2D eigenvalue weighted by Gasteiger charge is -2.08. The minimum absolute atomic E-state index is 0.120. The zero-order chi connectivity index (χ0) is 12.3. The van der Waals surface area contributed by atoms with Crippen molar-refractivity contribution in [1.82, 2.24) is 4.98 Å². The van der Waals surface area contributed by atoms with Gasteiger partial charge in [-0.1, -0.05) is 22.0 Å². The third-order valence-corrected chi connectivity index (χ3v) is 2.69. The number of halogens is 2. The average Bonchev–Trinajstić information content (AvgIpc) is 2.30. The summed E-state index contributed by atoms with van der Waals surface area (Å²) in [6.45, 7) is 0.120. The maximum atomic E-state index is 13.5. The second kappa shape index (κ2) is 5.14. The van der Waals surface area contributed by atoms with Crippen LogP contribution in [0.5, 0.6) is 5.75 Å². The third kappa shape index (κ3) is 2.94. The fraction of sp³-hybridized carbons (Fsp3) is 0.0833. The van der Waals surface area contributed by atoms with Crippen LogP contribution in [-0.4, -0.2) is 4.98 Å². The molecule has 0 aliphatic rings. The van der Waals surface area contributed by atoms with Gasteiger partial charge in [-0.15, -0.1) is 0 Å². The molecular weight excluding hydrogens is 287 g/mol. The summed E-state index contributed by atoms with van der Waals surface area (Å²) in [5.41, 5.74) is 6.08. The third-order valence-electron chi connectivity index (χ3n) is 2.20. The largest absolute Gasteiger partial charge is 0.485 e. The van der Waals surface area contributed by atoms with Gasteiger partial charge in [-0.2, -0.15) is 0 Å². The molecule has 0 atom stereocenters. The number of nitrogens with zero attached hydrogens (tertiary/aromatic N) is 1. The number of hydrogen-bond acceptors (Lipinski definition) is 3. The Morgan fingerprint density at radius 3 is 2.88 bits per heavy atom. The first-order valence-corrected chi connectivity index (χ1v) is 5.73. The number of pyridine rings is 1. The van der Waals surface area contributed by atoms with E-state index in [0.717, 1.165) is 0 Å². The van der Waals surface area contributed by atoms with Crippen molar-refractivity contribution in [2.75, 3.05) is 5.73 Å². The molecule has 0 amide bonds. The Morgan fingerprint density at radius 1 is 1.35 bits per heavy atom. The van der Waals surface area contributed by atoms with E-state index in [1.54, 1.807) is 30.5 Å². The van der Waals surface area contributed by atoms with Crippen molar-refractivity contribution < 1.29 is 9.13 Å². The van der Waals surface area contributed by atoms with Crippen LogP contribution in [0.1, 0.15) is 5.56 Å². The number of anilines is 1. The smallest absolute Gasteiger partial charge is 0.166 e. The molecule has 1 heterocycles. The molecule has 2 aromatic rings. The van der Waals surface area contributed by atoms with Crippen LogP contribution in [0.2, 0.25) is 0 Å². The van der Waals surface area contributed by atoms with Gasteiger partial charge in [-0.25, -0.2) is 9.37 Å². The number of rotatable bonds is 3. The molecule has 88 valence electrons. The second-order valence-electron chi connectivity index (χ2n) is 3.41. The Labute approximate surface area is 107 Å². The zero-order valence-corrected chi connectivity index (χ0v) is 10.4. The molecule has 2 N–H and O–H groups in total. The number of nitrogen functional groups attached to an aromatic ring is 1. The fourth-order valence-electron chi connectivity index (χ4n) is 1.32. The lowest BCUT2D eigenvalue weighted by molar-refractivity contribution is 0.300. The highest BCUT2D eigenvalue weighted by Gasteiger charge is 2.05. The van der Waals surface area contributed by atoms with E-state index >= 15 is 0 Å². The van der Waals surface area contributed by atoms with Crippen molar-refractivity contribution in [2.45, 2.75) is 6.61 Å². The first-order chi connectivity index (χ1) is 8.16. The Morgan fingerprint density at radius 2 is 2.18 bits per heavy atom. The molecule has 0 spiro atoms. The van der Waals surface area contributed by atoms with E-state index in [-0.39, 0.29) is 12.4 Å². The maximum absolute atomic E-state index is 13.5. The summed E-state index contributed by atoms with van der Waals surface area (Å²) in [5, 5.41) is 0. The standard InChI is InChI=1S/C12H10BrFN2O/c13-9-4-3-8(10(14)6-9)7-17-11-2-1-5-16-12(11)15/h1-6H,7H2,(H2,15,16). The lowest BCUT2D eigenvalue weighted by atomic mass is 10.2. The highest BCUT2D eigenvalue weighted by molar-refractivity contribution is 9.10. The van der Waals surface area contributed by atoms with E-state index in [9.17, 15) is 4.39 Å². The van der Waals surface area contributed by atoms with Crippen LogP contribution in [0, 0.1) is 5.82 Å². The molecule has 0 aliphatic heterocycles. The molecule has 2 rings (SSSR count). The van der Waals surface area contributed by atoms with Gasteiger partial charge in [0.2, 0.25) is 0 Å². The van der Waals surface area contributed by atoms with Crippen molar-refractivity contribution in [3.63, 3.8) is 0 Å². The highest BCUT2D eigenvalue weighted by atomic mass is 79.9. The Balaban J connectivity index is 2.10. The Kier molecular flexibility index (Phi) is 3.58. The van der Waals surface area contributed by atoms with Gasteiger partial charge in [0.1, 0.15) is 12.4 Å². The number of ether oxygens (including phenoxy) is 1. The molecule has 0 unspecified atom stereocenters. The molecule has 3 nitrogen and oxygen atoms in total. The zero-order valence-electron chi connectivity index (χ0n) is 8.86. The highest BCUT2D eigenvalue weighted by Crippen LogP contribution is 2.20. The van der Waals surface area contributed by atoms with Crippen LogP contribution < -0.4 is 10.5 Å². The number of hydrogen-bond donors (Lipinski definition) is 1. The van der Waals surface area contributed by atoms with Crippen molar-refractivity contribution in [1.29, 1.82) is 0 Å².